The summed E-state index contributed by atoms with van der Waals surface area (Å²) >= 11 is 0. The zero-order valence-electron chi connectivity index (χ0n) is 17.7. The van der Waals surface area contributed by atoms with Crippen molar-refractivity contribution in [2.75, 3.05) is 0 Å². The maximum absolute atomic E-state index is 13.3. The van der Waals surface area contributed by atoms with Gasteiger partial charge in [0, 0.05) is 24.9 Å². The number of hydrogen-bond donors (Lipinski definition) is 1. The van der Waals surface area contributed by atoms with Crippen LogP contribution in [0.4, 0.5) is 4.39 Å². The number of hydrogen-bond acceptors (Lipinski definition) is 2. The predicted molar refractivity (Wildman–Crippen MR) is 114 cm³/mol. The van der Waals surface area contributed by atoms with Crippen molar-refractivity contribution in [3.63, 3.8) is 0 Å². The van der Waals surface area contributed by atoms with E-state index in [1.807, 2.05) is 58.0 Å². The molecule has 0 bridgehead atoms. The molecule has 0 heterocycles. The van der Waals surface area contributed by atoms with Crippen LogP contribution in [0.15, 0.2) is 54.6 Å². The highest BCUT2D eigenvalue weighted by Gasteiger charge is 2.31. The van der Waals surface area contributed by atoms with Crippen LogP contribution in [0, 0.1) is 5.82 Å². The van der Waals surface area contributed by atoms with Crippen molar-refractivity contribution in [2.24, 2.45) is 0 Å². The van der Waals surface area contributed by atoms with Crippen molar-refractivity contribution in [3.8, 4) is 0 Å². The fraction of sp³-hybridized carbons (Fsp3) is 0.417. The lowest BCUT2D eigenvalue weighted by atomic mass is 10.00. The van der Waals surface area contributed by atoms with E-state index in [0.717, 1.165) is 11.1 Å². The molecule has 0 fully saturated rings. The molecule has 0 aromatic heterocycles. The third-order valence-corrected chi connectivity index (χ3v) is 4.50. The summed E-state index contributed by atoms with van der Waals surface area (Å²) in [6.07, 6.45) is 1.46. The van der Waals surface area contributed by atoms with Gasteiger partial charge in [-0.05, 0) is 50.5 Å². The lowest BCUT2D eigenvalue weighted by molar-refractivity contribution is -0.142. The first-order valence-electron chi connectivity index (χ1n) is 10.1. The number of nitrogens with one attached hydrogen (secondary N) is 1. The lowest BCUT2D eigenvalue weighted by Crippen LogP contribution is -2.54. The second-order valence-corrected chi connectivity index (χ2v) is 8.34. The van der Waals surface area contributed by atoms with E-state index in [1.54, 1.807) is 17.0 Å². The summed E-state index contributed by atoms with van der Waals surface area (Å²) in [7, 11) is 0. The first-order valence-corrected chi connectivity index (χ1v) is 10.1. The van der Waals surface area contributed by atoms with Gasteiger partial charge in [0.2, 0.25) is 11.8 Å². The standard InChI is InChI=1S/C24H31FN2O2/c1-5-9-22(28)27(17-19-12-14-20(25)15-13-19)21(23(29)26-24(2,3)4)16-18-10-7-6-8-11-18/h6-8,10-15,21H,5,9,16-17H2,1-4H3,(H,26,29)/t21-/m1/s1. The number of carbonyl (C=O) groups excluding carboxylic acids is 2. The van der Waals surface area contributed by atoms with E-state index in [1.165, 1.54) is 12.1 Å². The van der Waals surface area contributed by atoms with Gasteiger partial charge >= 0.3 is 0 Å². The first-order chi connectivity index (χ1) is 13.7. The molecule has 29 heavy (non-hydrogen) atoms. The summed E-state index contributed by atoms with van der Waals surface area (Å²) in [6, 6.07) is 15.1. The monoisotopic (exact) mass is 398 g/mol. The molecule has 1 atom stereocenters. The van der Waals surface area contributed by atoms with Crippen LogP contribution in [0.5, 0.6) is 0 Å². The zero-order chi connectivity index (χ0) is 21.4. The van der Waals surface area contributed by atoms with Gasteiger partial charge in [0.05, 0.1) is 0 Å². The molecule has 2 amide bonds. The molecule has 0 unspecified atom stereocenters. The van der Waals surface area contributed by atoms with Crippen molar-refractivity contribution in [1.29, 1.82) is 0 Å². The number of carbonyl (C=O) groups is 2. The Morgan fingerprint density at radius 1 is 1.00 bits per heavy atom. The highest BCUT2D eigenvalue weighted by molar-refractivity contribution is 5.88. The maximum Gasteiger partial charge on any atom is 0.243 e. The number of amides is 2. The van der Waals surface area contributed by atoms with E-state index < -0.39 is 11.6 Å². The van der Waals surface area contributed by atoms with Crippen LogP contribution in [-0.2, 0) is 22.6 Å². The average Bonchev–Trinajstić information content (AvgIpc) is 2.65. The van der Waals surface area contributed by atoms with Crippen LogP contribution in [-0.4, -0.2) is 28.3 Å². The highest BCUT2D eigenvalue weighted by Crippen LogP contribution is 2.17. The number of halogens is 1. The zero-order valence-corrected chi connectivity index (χ0v) is 17.7. The molecule has 5 heteroatoms. The van der Waals surface area contributed by atoms with Crippen molar-refractivity contribution >= 4 is 11.8 Å². The molecule has 2 rings (SSSR count). The lowest BCUT2D eigenvalue weighted by Gasteiger charge is -2.34. The van der Waals surface area contributed by atoms with Crippen LogP contribution in [0.25, 0.3) is 0 Å². The van der Waals surface area contributed by atoms with E-state index >= 15 is 0 Å². The average molecular weight is 399 g/mol. The minimum absolute atomic E-state index is 0.0817. The SMILES string of the molecule is CCCC(=O)N(Cc1ccc(F)cc1)[C@H](Cc1ccccc1)C(=O)NC(C)(C)C. The second-order valence-electron chi connectivity index (χ2n) is 8.34. The molecular weight excluding hydrogens is 367 g/mol. The molecule has 2 aromatic carbocycles. The molecule has 2 aromatic rings. The van der Waals surface area contributed by atoms with Crippen molar-refractivity contribution in [3.05, 3.63) is 71.5 Å². The Balaban J connectivity index is 2.38. The van der Waals surface area contributed by atoms with Crippen LogP contribution in [0.1, 0.15) is 51.7 Å². The summed E-state index contributed by atoms with van der Waals surface area (Å²) in [4.78, 5) is 27.8. The molecular formula is C24H31FN2O2. The van der Waals surface area contributed by atoms with Crippen LogP contribution >= 0.6 is 0 Å². The molecule has 0 aliphatic carbocycles. The van der Waals surface area contributed by atoms with Crippen molar-refractivity contribution in [2.45, 2.75) is 65.1 Å². The largest absolute Gasteiger partial charge is 0.350 e. The van der Waals surface area contributed by atoms with Gasteiger partial charge in [-0.2, -0.15) is 0 Å². The van der Waals surface area contributed by atoms with Gasteiger partial charge < -0.3 is 10.2 Å². The van der Waals surface area contributed by atoms with Crippen molar-refractivity contribution < 1.29 is 14.0 Å². The Bertz CT molecular complexity index is 798. The van der Waals surface area contributed by atoms with Crippen molar-refractivity contribution in [1.82, 2.24) is 10.2 Å². The van der Waals surface area contributed by atoms with Gasteiger partial charge in [-0.25, -0.2) is 4.39 Å². The fourth-order valence-corrected chi connectivity index (χ4v) is 3.15. The van der Waals surface area contributed by atoms with Crippen LogP contribution < -0.4 is 5.32 Å². The van der Waals surface area contributed by atoms with Gasteiger partial charge in [0.15, 0.2) is 0 Å². The highest BCUT2D eigenvalue weighted by atomic mass is 19.1. The van der Waals surface area contributed by atoms with E-state index in [-0.39, 0.29) is 24.2 Å². The Morgan fingerprint density at radius 2 is 1.62 bits per heavy atom. The number of rotatable bonds is 8. The summed E-state index contributed by atoms with van der Waals surface area (Å²) in [5.74, 6) is -0.596. The molecule has 0 saturated carbocycles. The minimum atomic E-state index is -0.652. The smallest absolute Gasteiger partial charge is 0.243 e. The fourth-order valence-electron chi connectivity index (χ4n) is 3.15. The van der Waals surface area contributed by atoms with Crippen LogP contribution in [0.2, 0.25) is 0 Å². The topological polar surface area (TPSA) is 49.4 Å². The first kappa shape index (κ1) is 22.6. The van der Waals surface area contributed by atoms with Gasteiger partial charge in [-0.15, -0.1) is 0 Å². The molecule has 1 N–H and O–H groups in total. The molecule has 0 aliphatic rings. The molecule has 0 radical (unpaired) electrons. The summed E-state index contributed by atoms with van der Waals surface area (Å²) in [6.45, 7) is 7.96. The predicted octanol–water partition coefficient (Wildman–Crippen LogP) is 4.48. The second kappa shape index (κ2) is 10.2. The third kappa shape index (κ3) is 7.33. The Labute approximate surface area is 173 Å². The molecule has 0 aliphatic heterocycles. The summed E-state index contributed by atoms with van der Waals surface area (Å²) in [5, 5.41) is 3.02. The molecule has 4 nitrogen and oxygen atoms in total. The Kier molecular flexibility index (Phi) is 7.94. The van der Waals surface area contributed by atoms with Gasteiger partial charge in [-0.3, -0.25) is 9.59 Å². The quantitative estimate of drug-likeness (QED) is 0.713. The number of nitrogens with zero attached hydrogens (tertiary/aromatic N) is 1. The third-order valence-electron chi connectivity index (χ3n) is 4.50. The van der Waals surface area contributed by atoms with E-state index in [0.29, 0.717) is 19.3 Å². The maximum atomic E-state index is 13.3. The molecule has 156 valence electrons. The molecule has 0 saturated heterocycles. The molecule has 0 spiro atoms. The Hall–Kier alpha value is -2.69. The van der Waals surface area contributed by atoms with Crippen LogP contribution in [0.3, 0.4) is 0 Å². The summed E-state index contributed by atoms with van der Waals surface area (Å²) < 4.78 is 13.3. The Morgan fingerprint density at radius 3 is 2.17 bits per heavy atom. The summed E-state index contributed by atoms with van der Waals surface area (Å²) in [5.41, 5.74) is 1.36. The van der Waals surface area contributed by atoms with E-state index in [9.17, 15) is 14.0 Å². The minimum Gasteiger partial charge on any atom is -0.350 e. The van der Waals surface area contributed by atoms with Gasteiger partial charge in [-0.1, -0.05) is 49.4 Å². The normalized spacial score (nSPS) is 12.3. The number of benzene rings is 2. The van der Waals surface area contributed by atoms with Gasteiger partial charge in [0.1, 0.15) is 11.9 Å². The van der Waals surface area contributed by atoms with E-state index in [4.69, 9.17) is 0 Å². The van der Waals surface area contributed by atoms with Gasteiger partial charge in [0.25, 0.3) is 0 Å². The van der Waals surface area contributed by atoms with E-state index in [2.05, 4.69) is 5.32 Å².